The second kappa shape index (κ2) is 9.34. The van der Waals surface area contributed by atoms with Crippen molar-refractivity contribution >= 4 is 50.7 Å². The van der Waals surface area contributed by atoms with E-state index in [2.05, 4.69) is 26.6 Å². The standard InChI is InChI=1S/C20H22BrN3O3S/c1-13-10-15(21)6-7-16(13)23-18(25)11-22-19(26)14-4-2-8-24(12-14)20(27)17-5-3-9-28-17/h3,5-7,9-10,14H,2,4,8,11-12H2,1H3,(H,22,26)(H,23,25)/t14-/m0/s1. The third kappa shape index (κ3) is 5.20. The molecule has 6 nitrogen and oxygen atoms in total. The molecule has 3 amide bonds. The summed E-state index contributed by atoms with van der Waals surface area (Å²) in [6.07, 6.45) is 1.49. The summed E-state index contributed by atoms with van der Waals surface area (Å²) >= 11 is 4.79. The van der Waals surface area contributed by atoms with Crippen LogP contribution < -0.4 is 10.6 Å². The number of carbonyl (C=O) groups excluding carboxylic acids is 3. The predicted molar refractivity (Wildman–Crippen MR) is 113 cm³/mol. The number of anilines is 1. The lowest BCUT2D eigenvalue weighted by atomic mass is 9.97. The van der Waals surface area contributed by atoms with Gasteiger partial charge in [0.1, 0.15) is 0 Å². The van der Waals surface area contributed by atoms with Crippen LogP contribution in [0.4, 0.5) is 5.69 Å². The van der Waals surface area contributed by atoms with Crippen molar-refractivity contribution in [2.45, 2.75) is 19.8 Å². The number of halogens is 1. The normalized spacial score (nSPS) is 16.5. The molecular weight excluding hydrogens is 442 g/mol. The van der Waals surface area contributed by atoms with Crippen molar-refractivity contribution < 1.29 is 14.4 Å². The first-order valence-electron chi connectivity index (χ1n) is 9.10. The summed E-state index contributed by atoms with van der Waals surface area (Å²) in [5, 5.41) is 7.37. The van der Waals surface area contributed by atoms with Crippen LogP contribution in [0.15, 0.2) is 40.2 Å². The van der Waals surface area contributed by atoms with E-state index in [1.807, 2.05) is 36.6 Å². The van der Waals surface area contributed by atoms with E-state index in [0.717, 1.165) is 16.5 Å². The summed E-state index contributed by atoms with van der Waals surface area (Å²) in [7, 11) is 0. The van der Waals surface area contributed by atoms with E-state index in [1.54, 1.807) is 11.0 Å². The minimum absolute atomic E-state index is 0.0315. The van der Waals surface area contributed by atoms with Gasteiger partial charge in [-0.05, 0) is 55.0 Å². The Morgan fingerprint density at radius 1 is 1.29 bits per heavy atom. The van der Waals surface area contributed by atoms with Crippen LogP contribution in [0.3, 0.4) is 0 Å². The number of hydrogen-bond donors (Lipinski definition) is 2. The zero-order chi connectivity index (χ0) is 20.1. The largest absolute Gasteiger partial charge is 0.347 e. The number of rotatable bonds is 5. The summed E-state index contributed by atoms with van der Waals surface area (Å²) in [6, 6.07) is 9.22. The second-order valence-electron chi connectivity index (χ2n) is 6.79. The van der Waals surface area contributed by atoms with Crippen LogP contribution in [-0.4, -0.2) is 42.3 Å². The molecule has 2 heterocycles. The van der Waals surface area contributed by atoms with Crippen molar-refractivity contribution in [2.75, 3.05) is 25.0 Å². The number of piperidine rings is 1. The maximum absolute atomic E-state index is 12.5. The molecule has 1 saturated heterocycles. The monoisotopic (exact) mass is 463 g/mol. The van der Waals surface area contributed by atoms with Gasteiger partial charge in [-0.1, -0.05) is 22.0 Å². The van der Waals surface area contributed by atoms with Crippen LogP contribution in [0, 0.1) is 12.8 Å². The van der Waals surface area contributed by atoms with Crippen molar-refractivity contribution in [1.29, 1.82) is 0 Å². The zero-order valence-electron chi connectivity index (χ0n) is 15.5. The highest BCUT2D eigenvalue weighted by atomic mass is 79.9. The Bertz CT molecular complexity index is 870. The number of hydrogen-bond acceptors (Lipinski definition) is 4. The highest BCUT2D eigenvalue weighted by Gasteiger charge is 2.29. The molecule has 2 aromatic rings. The Hall–Kier alpha value is -2.19. The van der Waals surface area contributed by atoms with Crippen molar-refractivity contribution in [3.63, 3.8) is 0 Å². The molecule has 8 heteroatoms. The third-order valence-electron chi connectivity index (χ3n) is 4.70. The topological polar surface area (TPSA) is 78.5 Å². The molecule has 2 N–H and O–H groups in total. The van der Waals surface area contributed by atoms with Crippen LogP contribution in [0.2, 0.25) is 0 Å². The number of nitrogens with one attached hydrogen (secondary N) is 2. The van der Waals surface area contributed by atoms with E-state index in [-0.39, 0.29) is 30.2 Å². The minimum Gasteiger partial charge on any atom is -0.347 e. The Labute approximate surface area is 176 Å². The Morgan fingerprint density at radius 3 is 2.82 bits per heavy atom. The fourth-order valence-electron chi connectivity index (χ4n) is 3.21. The quantitative estimate of drug-likeness (QED) is 0.712. The predicted octanol–water partition coefficient (Wildman–Crippen LogP) is 3.43. The highest BCUT2D eigenvalue weighted by Crippen LogP contribution is 2.21. The smallest absolute Gasteiger partial charge is 0.263 e. The van der Waals surface area contributed by atoms with E-state index in [9.17, 15) is 14.4 Å². The van der Waals surface area contributed by atoms with Crippen LogP contribution in [-0.2, 0) is 9.59 Å². The van der Waals surface area contributed by atoms with Crippen LogP contribution in [0.1, 0.15) is 28.1 Å². The van der Waals surface area contributed by atoms with E-state index in [0.29, 0.717) is 30.1 Å². The van der Waals surface area contributed by atoms with E-state index < -0.39 is 0 Å². The summed E-state index contributed by atoms with van der Waals surface area (Å²) in [5.74, 6) is -0.789. The first-order chi connectivity index (χ1) is 13.4. The van der Waals surface area contributed by atoms with Crippen molar-refractivity contribution in [2.24, 2.45) is 5.92 Å². The molecule has 0 spiro atoms. The SMILES string of the molecule is Cc1cc(Br)ccc1NC(=O)CNC(=O)[C@H]1CCCN(C(=O)c2cccs2)C1. The molecule has 0 bridgehead atoms. The summed E-state index contributed by atoms with van der Waals surface area (Å²) in [6.45, 7) is 2.85. The average Bonchev–Trinajstić information content (AvgIpc) is 3.22. The molecule has 3 rings (SSSR count). The van der Waals surface area contributed by atoms with Gasteiger partial charge in [-0.2, -0.15) is 0 Å². The zero-order valence-corrected chi connectivity index (χ0v) is 17.9. The van der Waals surface area contributed by atoms with Crippen LogP contribution in [0.5, 0.6) is 0 Å². The number of nitrogens with zero attached hydrogens (tertiary/aromatic N) is 1. The molecule has 0 saturated carbocycles. The lowest BCUT2D eigenvalue weighted by molar-refractivity contribution is -0.128. The van der Waals surface area contributed by atoms with Gasteiger partial charge < -0.3 is 15.5 Å². The molecule has 0 unspecified atom stereocenters. The summed E-state index contributed by atoms with van der Waals surface area (Å²) in [5.41, 5.74) is 1.65. The van der Waals surface area contributed by atoms with Gasteiger partial charge >= 0.3 is 0 Å². The third-order valence-corrected chi connectivity index (χ3v) is 6.05. The molecule has 0 aliphatic carbocycles. The average molecular weight is 464 g/mol. The summed E-state index contributed by atoms with van der Waals surface area (Å²) < 4.78 is 0.940. The second-order valence-corrected chi connectivity index (χ2v) is 8.66. The Kier molecular flexibility index (Phi) is 6.85. The molecule has 1 aliphatic heterocycles. The number of likely N-dealkylation sites (tertiary alicyclic amines) is 1. The molecule has 1 aromatic carbocycles. The number of benzene rings is 1. The van der Waals surface area contributed by atoms with E-state index in [4.69, 9.17) is 0 Å². The Balaban J connectivity index is 1.50. The number of thiophene rings is 1. The van der Waals surface area contributed by atoms with Gasteiger partial charge in [-0.3, -0.25) is 14.4 Å². The van der Waals surface area contributed by atoms with Gasteiger partial charge in [-0.25, -0.2) is 0 Å². The number of aryl methyl sites for hydroxylation is 1. The molecule has 148 valence electrons. The molecule has 1 aliphatic rings. The van der Waals surface area contributed by atoms with Gasteiger partial charge in [0.25, 0.3) is 5.91 Å². The lowest BCUT2D eigenvalue weighted by Gasteiger charge is -2.31. The van der Waals surface area contributed by atoms with Crippen molar-refractivity contribution in [3.05, 3.63) is 50.6 Å². The summed E-state index contributed by atoms with van der Waals surface area (Å²) in [4.78, 5) is 39.6. The van der Waals surface area contributed by atoms with Gasteiger partial charge in [0.2, 0.25) is 11.8 Å². The first kappa shape index (κ1) is 20.5. The van der Waals surface area contributed by atoms with Crippen LogP contribution in [0.25, 0.3) is 0 Å². The van der Waals surface area contributed by atoms with Gasteiger partial charge in [0.05, 0.1) is 17.3 Å². The molecule has 1 atom stereocenters. The molecule has 1 aromatic heterocycles. The molecular formula is C20H22BrN3O3S. The number of carbonyl (C=O) groups is 3. The fourth-order valence-corrected chi connectivity index (χ4v) is 4.37. The number of amides is 3. The maximum atomic E-state index is 12.5. The van der Waals surface area contributed by atoms with Gasteiger partial charge in [-0.15, -0.1) is 11.3 Å². The lowest BCUT2D eigenvalue weighted by Crippen LogP contribution is -2.46. The highest BCUT2D eigenvalue weighted by molar-refractivity contribution is 9.10. The Morgan fingerprint density at radius 2 is 2.11 bits per heavy atom. The van der Waals surface area contributed by atoms with Gasteiger partial charge in [0, 0.05) is 23.2 Å². The van der Waals surface area contributed by atoms with Gasteiger partial charge in [0.15, 0.2) is 0 Å². The maximum Gasteiger partial charge on any atom is 0.263 e. The van der Waals surface area contributed by atoms with E-state index >= 15 is 0 Å². The molecule has 0 radical (unpaired) electrons. The van der Waals surface area contributed by atoms with Crippen molar-refractivity contribution in [1.82, 2.24) is 10.2 Å². The minimum atomic E-state index is -0.292. The van der Waals surface area contributed by atoms with Crippen LogP contribution >= 0.6 is 27.3 Å². The van der Waals surface area contributed by atoms with E-state index in [1.165, 1.54) is 11.3 Å². The molecule has 1 fully saturated rings. The van der Waals surface area contributed by atoms with Crippen molar-refractivity contribution in [3.8, 4) is 0 Å². The fraction of sp³-hybridized carbons (Fsp3) is 0.350. The molecule has 28 heavy (non-hydrogen) atoms. The first-order valence-corrected chi connectivity index (χ1v) is 10.8.